The highest BCUT2D eigenvalue weighted by Gasteiger charge is 2.20. The molecule has 0 saturated carbocycles. The lowest BCUT2D eigenvalue weighted by Gasteiger charge is -2.17. The number of methoxy groups -OCH3 is 1. The average Bonchev–Trinajstić information content (AvgIpc) is 2.52. The smallest absolute Gasteiger partial charge is 0.306 e. The zero-order valence-corrected chi connectivity index (χ0v) is 15.6. The molecule has 0 saturated heterocycles. The summed E-state index contributed by atoms with van der Waals surface area (Å²) in [6.45, 7) is 6.99. The lowest BCUT2D eigenvalue weighted by Crippen LogP contribution is -2.18. The van der Waals surface area contributed by atoms with E-state index >= 15 is 0 Å². The van der Waals surface area contributed by atoms with Crippen LogP contribution < -0.4 is 5.73 Å². The maximum atomic E-state index is 11.6. The molecular formula is C20H33NO3. The largest absolute Gasteiger partial charge is 0.481 e. The van der Waals surface area contributed by atoms with Crippen molar-refractivity contribution in [3.63, 3.8) is 0 Å². The fourth-order valence-electron chi connectivity index (χ4n) is 3.21. The summed E-state index contributed by atoms with van der Waals surface area (Å²) in [4.78, 5) is 11.6. The van der Waals surface area contributed by atoms with Crippen molar-refractivity contribution in [3.05, 3.63) is 28.8 Å². The minimum absolute atomic E-state index is 0.333. The number of anilines is 1. The number of hydrogen-bond donors (Lipinski definition) is 2. The number of rotatable bonds is 11. The maximum Gasteiger partial charge on any atom is 0.306 e. The summed E-state index contributed by atoms with van der Waals surface area (Å²) in [5.74, 6) is -0.465. The lowest BCUT2D eigenvalue weighted by molar-refractivity contribution is -0.142. The molecule has 0 bridgehead atoms. The van der Waals surface area contributed by atoms with Gasteiger partial charge in [-0.25, -0.2) is 0 Å². The van der Waals surface area contributed by atoms with Crippen LogP contribution in [0.2, 0.25) is 0 Å². The van der Waals surface area contributed by atoms with Crippen molar-refractivity contribution in [1.29, 1.82) is 0 Å². The second kappa shape index (κ2) is 10.3. The Balaban J connectivity index is 2.51. The molecule has 1 aromatic rings. The molecular weight excluding hydrogens is 302 g/mol. The minimum atomic E-state index is -0.705. The van der Waals surface area contributed by atoms with Gasteiger partial charge in [-0.05, 0) is 61.8 Å². The van der Waals surface area contributed by atoms with Gasteiger partial charge in [0, 0.05) is 19.4 Å². The van der Waals surface area contributed by atoms with Gasteiger partial charge in [0.05, 0.1) is 5.92 Å². The van der Waals surface area contributed by atoms with Crippen LogP contribution in [0, 0.1) is 25.7 Å². The van der Waals surface area contributed by atoms with Crippen LogP contribution in [-0.2, 0) is 16.0 Å². The Kier molecular flexibility index (Phi) is 8.83. The normalized spacial score (nSPS) is 13.7. The summed E-state index contributed by atoms with van der Waals surface area (Å²) in [6, 6.07) is 3.87. The quantitative estimate of drug-likeness (QED) is 0.465. The molecule has 1 aromatic carbocycles. The molecule has 0 heterocycles. The number of benzene rings is 1. The predicted octanol–water partition coefficient (Wildman–Crippen LogP) is 4.36. The molecule has 136 valence electrons. The summed E-state index contributed by atoms with van der Waals surface area (Å²) in [5, 5.41) is 9.55. The Morgan fingerprint density at radius 2 is 1.88 bits per heavy atom. The van der Waals surface area contributed by atoms with Gasteiger partial charge in [0.25, 0.3) is 0 Å². The highest BCUT2D eigenvalue weighted by Crippen LogP contribution is 2.25. The fraction of sp³-hybridized carbons (Fsp3) is 0.650. The third kappa shape index (κ3) is 6.52. The molecule has 0 aliphatic carbocycles. The van der Waals surface area contributed by atoms with Crippen molar-refractivity contribution in [2.45, 2.75) is 59.3 Å². The number of hydrogen-bond acceptors (Lipinski definition) is 3. The molecule has 0 aliphatic heterocycles. The number of nitrogens with two attached hydrogens (primary N) is 1. The van der Waals surface area contributed by atoms with E-state index in [1.54, 1.807) is 7.11 Å². The van der Waals surface area contributed by atoms with Crippen molar-refractivity contribution in [3.8, 4) is 0 Å². The molecule has 0 aromatic heterocycles. The maximum absolute atomic E-state index is 11.6. The minimum Gasteiger partial charge on any atom is -0.481 e. The van der Waals surface area contributed by atoms with Gasteiger partial charge in [0.15, 0.2) is 0 Å². The van der Waals surface area contributed by atoms with E-state index < -0.39 is 5.97 Å². The number of aliphatic carboxylic acids is 1. The van der Waals surface area contributed by atoms with Gasteiger partial charge in [-0.1, -0.05) is 32.3 Å². The molecule has 3 N–H and O–H groups in total. The number of ether oxygens (including phenoxy) is 1. The van der Waals surface area contributed by atoms with E-state index in [4.69, 9.17) is 10.5 Å². The van der Waals surface area contributed by atoms with Crippen LogP contribution >= 0.6 is 0 Å². The molecule has 4 heteroatoms. The predicted molar refractivity (Wildman–Crippen MR) is 99.3 cm³/mol. The monoisotopic (exact) mass is 335 g/mol. The van der Waals surface area contributed by atoms with Gasteiger partial charge < -0.3 is 15.6 Å². The molecule has 2 unspecified atom stereocenters. The van der Waals surface area contributed by atoms with Crippen LogP contribution in [0.5, 0.6) is 0 Å². The molecule has 0 amide bonds. The Morgan fingerprint density at radius 3 is 2.50 bits per heavy atom. The summed E-state index contributed by atoms with van der Waals surface area (Å²) >= 11 is 0. The number of carboxylic acids is 1. The van der Waals surface area contributed by atoms with Crippen molar-refractivity contribution in [2.24, 2.45) is 11.8 Å². The topological polar surface area (TPSA) is 72.5 Å². The number of aryl methyl sites for hydroxylation is 1. The van der Waals surface area contributed by atoms with Crippen LogP contribution in [-0.4, -0.2) is 24.8 Å². The van der Waals surface area contributed by atoms with E-state index in [1.807, 2.05) is 26.0 Å². The lowest BCUT2D eigenvalue weighted by atomic mass is 9.88. The van der Waals surface area contributed by atoms with Gasteiger partial charge in [0.1, 0.15) is 0 Å². The number of carboxylic acid groups (broad SMARTS) is 1. The Labute approximate surface area is 146 Å². The first kappa shape index (κ1) is 20.5. The summed E-state index contributed by atoms with van der Waals surface area (Å²) < 4.78 is 5.14. The van der Waals surface area contributed by atoms with Crippen LogP contribution in [0.3, 0.4) is 0 Å². The highest BCUT2D eigenvalue weighted by atomic mass is 16.5. The van der Waals surface area contributed by atoms with Gasteiger partial charge in [-0.3, -0.25) is 4.79 Å². The molecule has 0 aliphatic rings. The van der Waals surface area contributed by atoms with E-state index in [0.717, 1.165) is 61.1 Å². The van der Waals surface area contributed by atoms with Gasteiger partial charge >= 0.3 is 5.97 Å². The first-order chi connectivity index (χ1) is 11.4. The van der Waals surface area contributed by atoms with E-state index in [0.29, 0.717) is 12.3 Å². The van der Waals surface area contributed by atoms with Crippen LogP contribution in [0.25, 0.3) is 0 Å². The Bertz CT molecular complexity index is 528. The van der Waals surface area contributed by atoms with Crippen LogP contribution in [0.1, 0.15) is 55.7 Å². The van der Waals surface area contributed by atoms with Gasteiger partial charge in [-0.15, -0.1) is 0 Å². The van der Waals surface area contributed by atoms with Crippen LogP contribution in [0.4, 0.5) is 5.69 Å². The van der Waals surface area contributed by atoms with Crippen molar-refractivity contribution >= 4 is 11.7 Å². The molecule has 1 rings (SSSR count). The molecule has 2 atom stereocenters. The van der Waals surface area contributed by atoms with E-state index in [1.165, 1.54) is 0 Å². The highest BCUT2D eigenvalue weighted by molar-refractivity contribution is 5.71. The van der Waals surface area contributed by atoms with E-state index in [2.05, 4.69) is 6.92 Å². The molecule has 0 radical (unpaired) electrons. The second-order valence-corrected chi connectivity index (χ2v) is 7.01. The Hall–Kier alpha value is -1.55. The van der Waals surface area contributed by atoms with Crippen molar-refractivity contribution in [1.82, 2.24) is 0 Å². The number of nitrogen functional groups attached to an aromatic ring is 1. The Morgan fingerprint density at radius 1 is 1.21 bits per heavy atom. The van der Waals surface area contributed by atoms with Crippen LogP contribution in [0.15, 0.2) is 12.1 Å². The first-order valence-corrected chi connectivity index (χ1v) is 8.93. The molecule has 4 nitrogen and oxygen atoms in total. The second-order valence-electron chi connectivity index (χ2n) is 7.01. The van der Waals surface area contributed by atoms with Gasteiger partial charge in [0.2, 0.25) is 0 Å². The van der Waals surface area contributed by atoms with E-state index in [9.17, 15) is 9.90 Å². The van der Waals surface area contributed by atoms with E-state index in [-0.39, 0.29) is 5.92 Å². The first-order valence-electron chi connectivity index (χ1n) is 8.93. The molecule has 0 spiro atoms. The third-order valence-electron chi connectivity index (χ3n) is 4.88. The number of carbonyl (C=O) groups is 1. The van der Waals surface area contributed by atoms with Crippen molar-refractivity contribution in [2.75, 3.05) is 19.5 Å². The standard InChI is InChI=1S/C20H33NO3/c1-14(13-24-4)8-6-5-7-9-17(20(22)23)12-18-15(2)10-11-19(21)16(18)3/h10-11,14,17H,5-9,12-13,21H2,1-4H3,(H,22,23). The SMILES string of the molecule is COCC(C)CCCCCC(Cc1c(C)ccc(N)c1C)C(=O)O. The number of unbranched alkanes of at least 4 members (excludes halogenated alkanes) is 2. The van der Waals surface area contributed by atoms with Gasteiger partial charge in [-0.2, -0.15) is 0 Å². The summed E-state index contributed by atoms with van der Waals surface area (Å²) in [5.41, 5.74) is 9.96. The molecule has 0 fully saturated rings. The van der Waals surface area contributed by atoms with Crippen molar-refractivity contribution < 1.29 is 14.6 Å². The average molecular weight is 335 g/mol. The zero-order valence-electron chi connectivity index (χ0n) is 15.6. The third-order valence-corrected chi connectivity index (χ3v) is 4.88. The fourth-order valence-corrected chi connectivity index (χ4v) is 3.21. The summed E-state index contributed by atoms with van der Waals surface area (Å²) in [6.07, 6.45) is 5.59. The zero-order chi connectivity index (χ0) is 18.1. The molecule has 24 heavy (non-hydrogen) atoms. The summed E-state index contributed by atoms with van der Waals surface area (Å²) in [7, 11) is 1.73.